The zero-order chi connectivity index (χ0) is 21.6. The average Bonchev–Trinajstić information content (AvgIpc) is 2.71. The van der Waals surface area contributed by atoms with Crippen LogP contribution in [0.25, 0.3) is 10.8 Å². The molecule has 10 heteroatoms. The van der Waals surface area contributed by atoms with Crippen LogP contribution in [0, 0.1) is 23.3 Å². The van der Waals surface area contributed by atoms with Gasteiger partial charge < -0.3 is 20.5 Å². The van der Waals surface area contributed by atoms with E-state index < -0.39 is 40.9 Å². The van der Waals surface area contributed by atoms with Crippen molar-refractivity contribution in [2.24, 2.45) is 0 Å². The summed E-state index contributed by atoms with van der Waals surface area (Å²) in [5.41, 5.74) is 0.403. The lowest BCUT2D eigenvalue weighted by Crippen LogP contribution is -2.43. The molecule has 1 atom stereocenters. The molecule has 3 aromatic rings. The summed E-state index contributed by atoms with van der Waals surface area (Å²) in [7, 11) is 1.47. The Morgan fingerprint density at radius 2 is 1.70 bits per heavy atom. The summed E-state index contributed by atoms with van der Waals surface area (Å²) >= 11 is 0. The fourth-order valence-corrected chi connectivity index (χ4v) is 3.61. The molecule has 2 aromatic carbocycles. The Hall–Kier alpha value is -3.40. The van der Waals surface area contributed by atoms with E-state index in [0.717, 1.165) is 24.3 Å². The molecule has 0 aliphatic carbocycles. The summed E-state index contributed by atoms with van der Waals surface area (Å²) in [6, 6.07) is 3.42. The Labute approximate surface area is 167 Å². The van der Waals surface area contributed by atoms with Crippen LogP contribution < -0.4 is 16.2 Å². The van der Waals surface area contributed by atoms with Crippen LogP contribution in [0.15, 0.2) is 35.1 Å². The summed E-state index contributed by atoms with van der Waals surface area (Å²) in [6.45, 7) is 0.545. The van der Waals surface area contributed by atoms with E-state index in [0.29, 0.717) is 11.3 Å². The fourth-order valence-electron chi connectivity index (χ4n) is 3.61. The van der Waals surface area contributed by atoms with Crippen molar-refractivity contribution in [2.75, 3.05) is 18.9 Å². The molecule has 0 radical (unpaired) electrons. The Kier molecular flexibility index (Phi) is 4.94. The molecule has 0 bridgehead atoms. The molecule has 30 heavy (non-hydrogen) atoms. The minimum Gasteiger partial charge on any atom is -0.324 e. The largest absolute Gasteiger partial charge is 0.324 e. The van der Waals surface area contributed by atoms with Crippen molar-refractivity contribution in [3.8, 4) is 0 Å². The van der Waals surface area contributed by atoms with Gasteiger partial charge in [0, 0.05) is 43.1 Å². The van der Waals surface area contributed by atoms with Gasteiger partial charge in [-0.2, -0.15) is 0 Å². The normalized spacial score (nSPS) is 15.7. The first kappa shape index (κ1) is 19.9. The van der Waals surface area contributed by atoms with Gasteiger partial charge in [0.25, 0.3) is 5.56 Å². The number of nitrogens with one attached hydrogen (secondary N) is 3. The van der Waals surface area contributed by atoms with Crippen LogP contribution in [-0.2, 0) is 6.54 Å². The number of halogens is 4. The van der Waals surface area contributed by atoms with E-state index in [1.165, 1.54) is 18.0 Å². The smallest absolute Gasteiger partial charge is 0.322 e. The number of amides is 2. The van der Waals surface area contributed by atoms with Gasteiger partial charge >= 0.3 is 6.03 Å². The lowest BCUT2D eigenvalue weighted by molar-refractivity contribution is 0.200. The molecule has 1 aliphatic rings. The number of benzene rings is 2. The van der Waals surface area contributed by atoms with Gasteiger partial charge in [0.15, 0.2) is 23.3 Å². The van der Waals surface area contributed by atoms with Crippen LogP contribution >= 0.6 is 0 Å². The monoisotopic (exact) mass is 420 g/mol. The van der Waals surface area contributed by atoms with Crippen molar-refractivity contribution in [3.63, 3.8) is 0 Å². The number of hydrogen-bond donors (Lipinski definition) is 3. The van der Waals surface area contributed by atoms with Gasteiger partial charge in [-0.3, -0.25) is 4.79 Å². The van der Waals surface area contributed by atoms with Crippen molar-refractivity contribution < 1.29 is 22.4 Å². The molecular formula is C20H16F4N4O2. The van der Waals surface area contributed by atoms with E-state index in [1.807, 2.05) is 0 Å². The number of hydrogen-bond acceptors (Lipinski definition) is 3. The fraction of sp³-hybridized carbons (Fsp3) is 0.200. The third-order valence-corrected chi connectivity index (χ3v) is 5.12. The lowest BCUT2D eigenvalue weighted by Gasteiger charge is -2.34. The first-order chi connectivity index (χ1) is 14.3. The minimum absolute atomic E-state index is 0.0334. The number of fused-ring (bicyclic) bond motifs is 3. The maximum Gasteiger partial charge on any atom is 0.322 e. The molecule has 1 aromatic heterocycles. The molecule has 2 amide bonds. The molecule has 0 saturated heterocycles. The molecule has 156 valence electrons. The minimum atomic E-state index is -1.15. The van der Waals surface area contributed by atoms with Gasteiger partial charge in [-0.15, -0.1) is 0 Å². The van der Waals surface area contributed by atoms with E-state index in [4.69, 9.17) is 0 Å². The zero-order valence-corrected chi connectivity index (χ0v) is 15.7. The molecule has 6 nitrogen and oxygen atoms in total. The van der Waals surface area contributed by atoms with Crippen LogP contribution in [-0.4, -0.2) is 29.5 Å². The van der Waals surface area contributed by atoms with E-state index >= 15 is 0 Å². The van der Waals surface area contributed by atoms with Gasteiger partial charge in [0.1, 0.15) is 0 Å². The first-order valence-electron chi connectivity index (χ1n) is 8.99. The van der Waals surface area contributed by atoms with Crippen LogP contribution in [0.3, 0.4) is 0 Å². The molecule has 4 rings (SSSR count). The number of aromatic nitrogens is 1. The highest BCUT2D eigenvalue weighted by Gasteiger charge is 2.30. The van der Waals surface area contributed by atoms with Crippen molar-refractivity contribution in [1.29, 1.82) is 0 Å². The highest BCUT2D eigenvalue weighted by atomic mass is 19.2. The predicted molar refractivity (Wildman–Crippen MR) is 102 cm³/mol. The van der Waals surface area contributed by atoms with Gasteiger partial charge in [-0.05, 0) is 29.7 Å². The molecule has 0 saturated carbocycles. The Morgan fingerprint density at radius 1 is 1.03 bits per heavy atom. The maximum absolute atomic E-state index is 13.9. The molecule has 0 spiro atoms. The van der Waals surface area contributed by atoms with E-state index in [1.54, 1.807) is 0 Å². The molecule has 0 fully saturated rings. The maximum atomic E-state index is 13.9. The topological polar surface area (TPSA) is 77.2 Å². The zero-order valence-electron chi connectivity index (χ0n) is 15.7. The Bertz CT molecular complexity index is 1230. The van der Waals surface area contributed by atoms with Crippen molar-refractivity contribution in [1.82, 2.24) is 15.2 Å². The summed E-state index contributed by atoms with van der Waals surface area (Å²) in [5.74, 6) is -4.41. The van der Waals surface area contributed by atoms with Crippen molar-refractivity contribution >= 4 is 22.5 Å². The van der Waals surface area contributed by atoms with Crippen LogP contribution in [0.1, 0.15) is 17.3 Å². The van der Waals surface area contributed by atoms with Crippen LogP contribution in [0.2, 0.25) is 0 Å². The summed E-state index contributed by atoms with van der Waals surface area (Å²) in [4.78, 5) is 28.9. The highest BCUT2D eigenvalue weighted by molar-refractivity contribution is 5.91. The number of aromatic amines is 1. The van der Waals surface area contributed by atoms with Crippen LogP contribution in [0.5, 0.6) is 0 Å². The number of anilines is 1. The average molecular weight is 420 g/mol. The Morgan fingerprint density at radius 3 is 2.40 bits per heavy atom. The van der Waals surface area contributed by atoms with Crippen molar-refractivity contribution in [2.45, 2.75) is 12.6 Å². The summed E-state index contributed by atoms with van der Waals surface area (Å²) in [5, 5.41) is 5.69. The number of likely N-dealkylation sites (N-methyl/N-ethyl adjacent to an activating group) is 1. The van der Waals surface area contributed by atoms with Crippen LogP contribution in [0.4, 0.5) is 28.0 Å². The van der Waals surface area contributed by atoms with Gasteiger partial charge in [0.2, 0.25) is 0 Å². The predicted octanol–water partition coefficient (Wildman–Crippen LogP) is 3.39. The molecule has 2 heterocycles. The number of rotatable bonds is 2. The second-order valence-corrected chi connectivity index (χ2v) is 6.97. The number of H-pyrrole nitrogens is 1. The third-order valence-electron chi connectivity index (χ3n) is 5.12. The van der Waals surface area contributed by atoms with E-state index in [-0.39, 0.29) is 29.5 Å². The number of pyridine rings is 1. The molecule has 0 unspecified atom stereocenters. The summed E-state index contributed by atoms with van der Waals surface area (Å²) in [6.07, 6.45) is 0. The Balaban J connectivity index is 1.73. The first-order valence-corrected chi connectivity index (χ1v) is 8.99. The molecule has 3 N–H and O–H groups in total. The SMILES string of the molecule is CN(C(=O)Nc1ccc(F)c(F)c1)[C@@H]1CNCc2[nH]c(=O)c3cc(F)c(F)cc3c21. The summed E-state index contributed by atoms with van der Waals surface area (Å²) < 4.78 is 54.1. The van der Waals surface area contributed by atoms with Gasteiger partial charge in [-0.1, -0.05) is 0 Å². The second kappa shape index (κ2) is 7.45. The number of carbonyl (C=O) groups is 1. The van der Waals surface area contributed by atoms with Gasteiger partial charge in [0.05, 0.1) is 11.4 Å². The van der Waals surface area contributed by atoms with Gasteiger partial charge in [-0.25, -0.2) is 22.4 Å². The second-order valence-electron chi connectivity index (χ2n) is 6.97. The highest BCUT2D eigenvalue weighted by Crippen LogP contribution is 2.32. The molecular weight excluding hydrogens is 404 g/mol. The number of carbonyl (C=O) groups excluding carboxylic acids is 1. The van der Waals surface area contributed by atoms with E-state index in [9.17, 15) is 27.2 Å². The standard InChI is InChI=1S/C20H16F4N4O2/c1-28(20(30)26-9-2-3-12(21)13(22)4-9)17-8-25-7-16-18(17)10-5-14(23)15(24)6-11(10)19(29)27-16/h2-6,17,25H,7-8H2,1H3,(H,26,30)(H,27,29)/t17-/m1/s1. The lowest BCUT2D eigenvalue weighted by atomic mass is 9.94. The molecule has 1 aliphatic heterocycles. The quantitative estimate of drug-likeness (QED) is 0.557. The number of nitrogens with zero attached hydrogens (tertiary/aromatic N) is 1. The third kappa shape index (κ3) is 3.39. The van der Waals surface area contributed by atoms with Crippen molar-refractivity contribution in [3.05, 3.63) is 75.2 Å². The number of urea groups is 1. The van der Waals surface area contributed by atoms with E-state index in [2.05, 4.69) is 15.6 Å².